The SMILES string of the molecule is O=S(=O)(F)c1nnc(-c2ccoc2)n1C1CC1. The van der Waals surface area contributed by atoms with E-state index in [0.717, 1.165) is 12.8 Å². The number of halogens is 1. The molecule has 0 aromatic carbocycles. The molecule has 0 aliphatic heterocycles. The summed E-state index contributed by atoms with van der Waals surface area (Å²) in [5.41, 5.74) is 0.583. The Kier molecular flexibility index (Phi) is 2.09. The molecule has 0 bridgehead atoms. The van der Waals surface area contributed by atoms with Gasteiger partial charge in [-0.3, -0.25) is 4.57 Å². The fourth-order valence-electron chi connectivity index (χ4n) is 1.69. The first-order chi connectivity index (χ1) is 8.07. The van der Waals surface area contributed by atoms with Gasteiger partial charge in [-0.2, -0.15) is 8.42 Å². The highest BCUT2D eigenvalue weighted by atomic mass is 32.3. The number of hydrogen-bond acceptors (Lipinski definition) is 5. The van der Waals surface area contributed by atoms with Crippen LogP contribution in [0.15, 0.2) is 28.2 Å². The molecule has 1 fully saturated rings. The molecule has 0 spiro atoms. The Balaban J connectivity index is 2.21. The normalized spacial score (nSPS) is 16.3. The van der Waals surface area contributed by atoms with E-state index in [9.17, 15) is 12.3 Å². The van der Waals surface area contributed by atoms with Crippen molar-refractivity contribution in [2.75, 3.05) is 0 Å². The maximum absolute atomic E-state index is 13.1. The smallest absolute Gasteiger partial charge is 0.368 e. The molecule has 2 aromatic heterocycles. The summed E-state index contributed by atoms with van der Waals surface area (Å²) in [6.45, 7) is 0. The Labute approximate surface area is 96.3 Å². The second-order valence-corrected chi connectivity index (χ2v) is 5.10. The van der Waals surface area contributed by atoms with E-state index in [4.69, 9.17) is 4.42 Å². The van der Waals surface area contributed by atoms with Crippen molar-refractivity contribution in [2.45, 2.75) is 24.0 Å². The molecule has 6 nitrogen and oxygen atoms in total. The van der Waals surface area contributed by atoms with Crippen molar-refractivity contribution in [1.29, 1.82) is 0 Å². The molecule has 90 valence electrons. The van der Waals surface area contributed by atoms with Crippen LogP contribution in [0.5, 0.6) is 0 Å². The lowest BCUT2D eigenvalue weighted by Crippen LogP contribution is -2.06. The third kappa shape index (κ3) is 1.74. The summed E-state index contributed by atoms with van der Waals surface area (Å²) in [7, 11) is -4.85. The van der Waals surface area contributed by atoms with Gasteiger partial charge in [-0.25, -0.2) is 0 Å². The lowest BCUT2D eigenvalue weighted by Gasteiger charge is -2.04. The van der Waals surface area contributed by atoms with Crippen LogP contribution in [0.25, 0.3) is 11.4 Å². The fourth-order valence-corrected chi connectivity index (χ4v) is 2.30. The van der Waals surface area contributed by atoms with Gasteiger partial charge in [0.05, 0.1) is 11.8 Å². The Morgan fingerprint density at radius 2 is 2.18 bits per heavy atom. The van der Waals surface area contributed by atoms with Crippen LogP contribution >= 0.6 is 0 Å². The molecule has 3 rings (SSSR count). The third-order valence-electron chi connectivity index (χ3n) is 2.57. The van der Waals surface area contributed by atoms with E-state index in [2.05, 4.69) is 10.2 Å². The summed E-state index contributed by atoms with van der Waals surface area (Å²) in [5, 5.41) is 6.50. The standard InChI is InChI=1S/C9H8FN3O3S/c10-17(14,15)9-12-11-8(6-3-4-16-5-6)13(9)7-1-2-7/h3-5,7H,1-2H2. The Morgan fingerprint density at radius 1 is 1.41 bits per heavy atom. The Hall–Kier alpha value is -1.70. The van der Waals surface area contributed by atoms with E-state index >= 15 is 0 Å². The van der Waals surface area contributed by atoms with Gasteiger partial charge < -0.3 is 4.42 Å². The van der Waals surface area contributed by atoms with Crippen LogP contribution in [0.4, 0.5) is 3.89 Å². The molecule has 2 aromatic rings. The highest BCUT2D eigenvalue weighted by Gasteiger charge is 2.34. The monoisotopic (exact) mass is 257 g/mol. The highest BCUT2D eigenvalue weighted by molar-refractivity contribution is 7.86. The van der Waals surface area contributed by atoms with Crippen molar-refractivity contribution in [3.05, 3.63) is 18.6 Å². The van der Waals surface area contributed by atoms with Crippen molar-refractivity contribution in [1.82, 2.24) is 14.8 Å². The molecule has 17 heavy (non-hydrogen) atoms. The average Bonchev–Trinajstić information content (AvgIpc) is 2.81. The number of furan rings is 1. The summed E-state index contributed by atoms with van der Waals surface area (Å²) < 4.78 is 41.2. The molecule has 2 heterocycles. The van der Waals surface area contributed by atoms with Gasteiger partial charge in [-0.05, 0) is 18.9 Å². The van der Waals surface area contributed by atoms with E-state index < -0.39 is 15.4 Å². The van der Waals surface area contributed by atoms with Crippen LogP contribution in [-0.2, 0) is 10.2 Å². The van der Waals surface area contributed by atoms with E-state index in [0.29, 0.717) is 11.4 Å². The van der Waals surface area contributed by atoms with E-state index in [1.54, 1.807) is 6.07 Å². The molecule has 0 amide bonds. The maximum atomic E-state index is 13.1. The largest absolute Gasteiger partial charge is 0.472 e. The van der Waals surface area contributed by atoms with Gasteiger partial charge in [0, 0.05) is 6.04 Å². The lowest BCUT2D eigenvalue weighted by atomic mass is 10.3. The number of hydrogen-bond donors (Lipinski definition) is 0. The zero-order valence-corrected chi connectivity index (χ0v) is 9.39. The summed E-state index contributed by atoms with van der Waals surface area (Å²) in [5.74, 6) is 0.317. The van der Waals surface area contributed by atoms with Crippen LogP contribution < -0.4 is 0 Å². The molecule has 0 atom stereocenters. The molecule has 0 saturated heterocycles. The van der Waals surface area contributed by atoms with Gasteiger partial charge in [0.1, 0.15) is 6.26 Å². The predicted octanol–water partition coefficient (Wildman–Crippen LogP) is 1.53. The maximum Gasteiger partial charge on any atom is 0.368 e. The van der Waals surface area contributed by atoms with E-state index in [1.807, 2.05) is 0 Å². The topological polar surface area (TPSA) is 78.0 Å². The Bertz CT molecular complexity index is 643. The van der Waals surface area contributed by atoms with E-state index in [1.165, 1.54) is 17.1 Å². The number of rotatable bonds is 3. The van der Waals surface area contributed by atoms with Gasteiger partial charge in [0.2, 0.25) is 0 Å². The van der Waals surface area contributed by atoms with Crippen molar-refractivity contribution in [2.24, 2.45) is 0 Å². The van der Waals surface area contributed by atoms with Crippen LogP contribution in [0, 0.1) is 0 Å². The van der Waals surface area contributed by atoms with Crippen molar-refractivity contribution in [3.63, 3.8) is 0 Å². The third-order valence-corrected chi connectivity index (χ3v) is 3.29. The first-order valence-corrected chi connectivity index (χ1v) is 6.38. The molecule has 0 unspecified atom stereocenters. The Morgan fingerprint density at radius 3 is 2.71 bits per heavy atom. The summed E-state index contributed by atoms with van der Waals surface area (Å²) in [6.07, 6.45) is 4.44. The number of nitrogens with zero attached hydrogens (tertiary/aromatic N) is 3. The fraction of sp³-hybridized carbons (Fsp3) is 0.333. The predicted molar refractivity (Wildman–Crippen MR) is 54.3 cm³/mol. The lowest BCUT2D eigenvalue weighted by molar-refractivity contribution is 0.524. The second kappa shape index (κ2) is 3.39. The first-order valence-electron chi connectivity index (χ1n) is 4.99. The molecule has 0 N–H and O–H groups in total. The van der Waals surface area contributed by atoms with Crippen molar-refractivity contribution < 1.29 is 16.7 Å². The van der Waals surface area contributed by atoms with Gasteiger partial charge in [-0.15, -0.1) is 10.2 Å². The van der Waals surface area contributed by atoms with Crippen molar-refractivity contribution in [3.8, 4) is 11.4 Å². The quantitative estimate of drug-likeness (QED) is 0.779. The van der Waals surface area contributed by atoms with Gasteiger partial charge in [0.25, 0.3) is 5.16 Å². The zero-order valence-electron chi connectivity index (χ0n) is 8.58. The van der Waals surface area contributed by atoms with Crippen LogP contribution in [0.1, 0.15) is 18.9 Å². The highest BCUT2D eigenvalue weighted by Crippen LogP contribution is 2.40. The van der Waals surface area contributed by atoms with E-state index in [-0.39, 0.29) is 6.04 Å². The first kappa shape index (κ1) is 10.5. The minimum absolute atomic E-state index is 0.0459. The average molecular weight is 257 g/mol. The van der Waals surface area contributed by atoms with Gasteiger partial charge >= 0.3 is 10.2 Å². The van der Waals surface area contributed by atoms with Crippen LogP contribution in [-0.4, -0.2) is 23.2 Å². The van der Waals surface area contributed by atoms with Crippen LogP contribution in [0.3, 0.4) is 0 Å². The summed E-state index contributed by atoms with van der Waals surface area (Å²) in [6, 6.07) is 1.58. The molecule has 1 aliphatic carbocycles. The van der Waals surface area contributed by atoms with Crippen LogP contribution in [0.2, 0.25) is 0 Å². The molecule has 0 radical (unpaired) electrons. The number of aromatic nitrogens is 3. The van der Waals surface area contributed by atoms with Gasteiger partial charge in [-0.1, -0.05) is 3.89 Å². The molecular formula is C9H8FN3O3S. The summed E-state index contributed by atoms with van der Waals surface area (Å²) in [4.78, 5) is 0. The molecule has 1 saturated carbocycles. The zero-order chi connectivity index (χ0) is 12.0. The summed E-state index contributed by atoms with van der Waals surface area (Å²) >= 11 is 0. The molecule has 8 heteroatoms. The molecular weight excluding hydrogens is 249 g/mol. The second-order valence-electron chi connectivity index (χ2n) is 3.86. The minimum atomic E-state index is -4.85. The molecule has 1 aliphatic rings. The van der Waals surface area contributed by atoms with Crippen molar-refractivity contribution >= 4 is 10.2 Å². The minimum Gasteiger partial charge on any atom is -0.472 e. The van der Waals surface area contributed by atoms with Gasteiger partial charge in [0.15, 0.2) is 5.82 Å².